The molecule has 2 aromatic rings. The fraction of sp³-hybridized carbons (Fsp3) is 0.176. The zero-order valence-electron chi connectivity index (χ0n) is 11.5. The van der Waals surface area contributed by atoms with Crippen LogP contribution in [-0.2, 0) is 4.79 Å². The molecule has 2 aromatic carbocycles. The van der Waals surface area contributed by atoms with Gasteiger partial charge in [0.2, 0.25) is 0 Å². The first-order valence-corrected chi connectivity index (χ1v) is 7.38. The average Bonchev–Trinajstić information content (AvgIpc) is 2.50. The third kappa shape index (κ3) is 3.59. The fourth-order valence-corrected chi connectivity index (χ4v) is 3.10. The molecular formula is C17H12Cl2NO2-. The topological polar surface area (TPSA) is 63.9 Å². The van der Waals surface area contributed by atoms with Crippen LogP contribution in [0.1, 0.15) is 29.4 Å². The van der Waals surface area contributed by atoms with Gasteiger partial charge in [0.1, 0.15) is 0 Å². The van der Waals surface area contributed by atoms with Crippen LogP contribution in [0.25, 0.3) is 0 Å². The van der Waals surface area contributed by atoms with Gasteiger partial charge in [0.15, 0.2) is 0 Å². The van der Waals surface area contributed by atoms with Crippen LogP contribution in [-0.4, -0.2) is 5.97 Å². The predicted molar refractivity (Wildman–Crippen MR) is 83.6 cm³/mol. The van der Waals surface area contributed by atoms with E-state index in [1.165, 1.54) is 0 Å². The molecule has 2 rings (SSSR count). The van der Waals surface area contributed by atoms with Crippen molar-refractivity contribution in [1.29, 1.82) is 5.26 Å². The normalized spacial score (nSPS) is 13.1. The number of halogens is 2. The van der Waals surface area contributed by atoms with Crippen molar-refractivity contribution in [2.45, 2.75) is 18.3 Å². The van der Waals surface area contributed by atoms with E-state index in [4.69, 9.17) is 23.2 Å². The van der Waals surface area contributed by atoms with Crippen LogP contribution in [0, 0.1) is 11.3 Å². The van der Waals surface area contributed by atoms with Gasteiger partial charge in [-0.1, -0.05) is 59.6 Å². The zero-order valence-corrected chi connectivity index (χ0v) is 13.0. The van der Waals surface area contributed by atoms with Gasteiger partial charge < -0.3 is 9.90 Å². The Morgan fingerprint density at radius 3 is 2.18 bits per heavy atom. The van der Waals surface area contributed by atoms with Crippen molar-refractivity contribution >= 4 is 29.2 Å². The molecule has 0 aliphatic heterocycles. The van der Waals surface area contributed by atoms with Crippen LogP contribution < -0.4 is 5.11 Å². The van der Waals surface area contributed by atoms with Crippen molar-refractivity contribution in [3.05, 3.63) is 69.7 Å². The highest BCUT2D eigenvalue weighted by molar-refractivity contribution is 6.36. The van der Waals surface area contributed by atoms with Crippen LogP contribution in [0.3, 0.4) is 0 Å². The van der Waals surface area contributed by atoms with Gasteiger partial charge in [0.25, 0.3) is 0 Å². The SMILES string of the molecule is N#CC(c1c(Cl)cccc1Cl)C(CC(=O)[O-])c1ccccc1. The molecule has 5 heteroatoms. The maximum atomic E-state index is 11.1. The van der Waals surface area contributed by atoms with E-state index in [-0.39, 0.29) is 6.42 Å². The summed E-state index contributed by atoms with van der Waals surface area (Å²) in [7, 11) is 0. The Bertz CT molecular complexity index is 690. The van der Waals surface area contributed by atoms with Crippen LogP contribution >= 0.6 is 23.2 Å². The number of rotatable bonds is 5. The molecule has 0 spiro atoms. The summed E-state index contributed by atoms with van der Waals surface area (Å²) in [6.07, 6.45) is -0.288. The molecule has 2 unspecified atom stereocenters. The number of carboxylic acid groups (broad SMARTS) is 1. The number of carbonyl (C=O) groups excluding carboxylic acids is 1. The smallest absolute Gasteiger partial charge is 0.0813 e. The lowest BCUT2D eigenvalue weighted by molar-refractivity contribution is -0.306. The molecule has 22 heavy (non-hydrogen) atoms. The van der Waals surface area contributed by atoms with Gasteiger partial charge in [0, 0.05) is 27.5 Å². The van der Waals surface area contributed by atoms with Gasteiger partial charge in [-0.3, -0.25) is 0 Å². The highest BCUT2D eigenvalue weighted by Gasteiger charge is 2.28. The average molecular weight is 333 g/mol. The molecule has 0 N–H and O–H groups in total. The Hall–Kier alpha value is -2.02. The van der Waals surface area contributed by atoms with Crippen molar-refractivity contribution in [3.8, 4) is 6.07 Å². The number of nitriles is 1. The molecule has 0 aliphatic rings. The van der Waals surface area contributed by atoms with Crippen molar-refractivity contribution in [3.63, 3.8) is 0 Å². The van der Waals surface area contributed by atoms with E-state index >= 15 is 0 Å². The summed E-state index contributed by atoms with van der Waals surface area (Å²) in [5.74, 6) is -2.59. The molecule has 2 atom stereocenters. The Balaban J connectivity index is 2.53. The summed E-state index contributed by atoms with van der Waals surface area (Å²) in [5, 5.41) is 21.4. The van der Waals surface area contributed by atoms with Gasteiger partial charge in [-0.2, -0.15) is 5.26 Å². The maximum absolute atomic E-state index is 11.1. The second-order valence-corrected chi connectivity index (χ2v) is 5.65. The molecule has 0 fully saturated rings. The number of hydrogen-bond donors (Lipinski definition) is 0. The summed E-state index contributed by atoms with van der Waals surface area (Å²) in [6, 6.07) is 16.1. The van der Waals surface area contributed by atoms with Crippen molar-refractivity contribution in [2.24, 2.45) is 0 Å². The van der Waals surface area contributed by atoms with Crippen molar-refractivity contribution < 1.29 is 9.90 Å². The molecule has 0 radical (unpaired) electrons. The molecule has 0 bridgehead atoms. The van der Waals surface area contributed by atoms with Gasteiger partial charge in [-0.25, -0.2) is 0 Å². The molecule has 0 amide bonds. The molecule has 0 aliphatic carbocycles. The molecule has 0 saturated heterocycles. The minimum Gasteiger partial charge on any atom is -0.550 e. The summed E-state index contributed by atoms with van der Waals surface area (Å²) >= 11 is 12.3. The standard InChI is InChI=1S/C17H13Cl2NO2/c18-14-7-4-8-15(19)17(14)13(10-20)12(9-16(21)22)11-5-2-1-3-6-11/h1-8,12-13H,9H2,(H,21,22)/p-1. The van der Waals surface area contributed by atoms with E-state index in [9.17, 15) is 15.2 Å². The minimum atomic E-state index is -1.22. The first kappa shape index (κ1) is 16.4. The second-order valence-electron chi connectivity index (χ2n) is 4.84. The summed E-state index contributed by atoms with van der Waals surface area (Å²) < 4.78 is 0. The monoisotopic (exact) mass is 332 g/mol. The Morgan fingerprint density at radius 2 is 1.68 bits per heavy atom. The van der Waals surface area contributed by atoms with E-state index < -0.39 is 17.8 Å². The third-order valence-electron chi connectivity index (χ3n) is 3.47. The molecule has 0 aromatic heterocycles. The number of carboxylic acids is 1. The van der Waals surface area contributed by atoms with Crippen molar-refractivity contribution in [1.82, 2.24) is 0 Å². The van der Waals surface area contributed by atoms with Gasteiger partial charge in [-0.05, 0) is 24.1 Å². The first-order valence-electron chi connectivity index (χ1n) is 6.63. The minimum absolute atomic E-state index is 0.288. The molecule has 3 nitrogen and oxygen atoms in total. The van der Waals surface area contributed by atoms with Crippen LogP contribution in [0.15, 0.2) is 48.5 Å². The second kappa shape index (κ2) is 7.31. The fourth-order valence-electron chi connectivity index (χ4n) is 2.47. The third-order valence-corrected chi connectivity index (χ3v) is 4.13. The number of hydrogen-bond acceptors (Lipinski definition) is 3. The molecular weight excluding hydrogens is 321 g/mol. The summed E-state index contributed by atoms with van der Waals surface area (Å²) in [4.78, 5) is 11.1. The lowest BCUT2D eigenvalue weighted by Gasteiger charge is -2.24. The van der Waals surface area contributed by atoms with E-state index in [1.807, 2.05) is 6.07 Å². The summed E-state index contributed by atoms with van der Waals surface area (Å²) in [5.41, 5.74) is 1.18. The van der Waals surface area contributed by atoms with E-state index in [0.717, 1.165) is 5.56 Å². The number of aliphatic carboxylic acids is 1. The van der Waals surface area contributed by atoms with Gasteiger partial charge in [0.05, 0.1) is 12.0 Å². The lowest BCUT2D eigenvalue weighted by Crippen LogP contribution is -2.26. The first-order chi connectivity index (χ1) is 10.5. The highest BCUT2D eigenvalue weighted by atomic mass is 35.5. The van der Waals surface area contributed by atoms with Crippen LogP contribution in [0.2, 0.25) is 10.0 Å². The van der Waals surface area contributed by atoms with Gasteiger partial charge >= 0.3 is 0 Å². The quantitative estimate of drug-likeness (QED) is 0.841. The molecule has 0 heterocycles. The maximum Gasteiger partial charge on any atom is 0.0813 e. The van der Waals surface area contributed by atoms with E-state index in [0.29, 0.717) is 15.6 Å². The molecule has 112 valence electrons. The predicted octanol–water partition coefficient (Wildman–Crippen LogP) is 3.52. The highest BCUT2D eigenvalue weighted by Crippen LogP contribution is 2.41. The van der Waals surface area contributed by atoms with Crippen LogP contribution in [0.5, 0.6) is 0 Å². The number of nitrogens with zero attached hydrogens (tertiary/aromatic N) is 1. The largest absolute Gasteiger partial charge is 0.550 e. The summed E-state index contributed by atoms with van der Waals surface area (Å²) in [6.45, 7) is 0. The number of benzene rings is 2. The zero-order chi connectivity index (χ0) is 16.1. The van der Waals surface area contributed by atoms with E-state index in [2.05, 4.69) is 6.07 Å². The Morgan fingerprint density at radius 1 is 1.09 bits per heavy atom. The van der Waals surface area contributed by atoms with Gasteiger partial charge in [-0.15, -0.1) is 0 Å². The Kier molecular flexibility index (Phi) is 5.43. The van der Waals surface area contributed by atoms with Crippen molar-refractivity contribution in [2.75, 3.05) is 0 Å². The van der Waals surface area contributed by atoms with E-state index in [1.54, 1.807) is 42.5 Å². The lowest BCUT2D eigenvalue weighted by atomic mass is 9.80. The van der Waals surface area contributed by atoms with Crippen LogP contribution in [0.4, 0.5) is 0 Å². The number of carbonyl (C=O) groups is 1. The molecule has 0 saturated carbocycles. The Labute approximate surface area is 138 Å².